The van der Waals surface area contributed by atoms with Gasteiger partial charge in [0.25, 0.3) is 0 Å². The Morgan fingerprint density at radius 2 is 1.76 bits per heavy atom. The van der Waals surface area contributed by atoms with Gasteiger partial charge < -0.3 is 10.6 Å². The van der Waals surface area contributed by atoms with Crippen LogP contribution in [-0.2, 0) is 4.79 Å². The molecular formula is C14H22N2O. The molecule has 0 aromatic heterocycles. The largest absolute Gasteiger partial charge is 0.330 e. The van der Waals surface area contributed by atoms with Crippen LogP contribution in [0.2, 0.25) is 0 Å². The summed E-state index contributed by atoms with van der Waals surface area (Å²) in [5.41, 5.74) is 7.70. The number of hydrogen-bond acceptors (Lipinski definition) is 2. The summed E-state index contributed by atoms with van der Waals surface area (Å²) in [5, 5.41) is 0. The monoisotopic (exact) mass is 234 g/mol. The molecule has 0 heterocycles. The molecular weight excluding hydrogens is 212 g/mol. The molecule has 0 spiro atoms. The molecule has 1 unspecified atom stereocenters. The van der Waals surface area contributed by atoms with Crippen LogP contribution in [0.5, 0.6) is 0 Å². The first-order chi connectivity index (χ1) is 7.97. The normalized spacial score (nSPS) is 12.6. The number of rotatable bonds is 4. The van der Waals surface area contributed by atoms with Crippen LogP contribution in [0.1, 0.15) is 32.3 Å². The molecule has 94 valence electrons. The summed E-state index contributed by atoms with van der Waals surface area (Å²) in [6.07, 6.45) is 0. The number of nitrogens with zero attached hydrogens (tertiary/aromatic N) is 1. The summed E-state index contributed by atoms with van der Waals surface area (Å²) in [5.74, 6) is 0.433. The van der Waals surface area contributed by atoms with Crippen molar-refractivity contribution in [2.75, 3.05) is 18.5 Å². The highest BCUT2D eigenvalue weighted by Crippen LogP contribution is 2.20. The third-order valence-corrected chi connectivity index (χ3v) is 3.05. The second-order valence-corrected chi connectivity index (χ2v) is 4.78. The summed E-state index contributed by atoms with van der Waals surface area (Å²) in [4.78, 5) is 13.6. The first kappa shape index (κ1) is 13.7. The average molecular weight is 234 g/mol. The second kappa shape index (κ2) is 5.82. The second-order valence-electron chi connectivity index (χ2n) is 4.78. The Morgan fingerprint density at radius 1 is 1.24 bits per heavy atom. The Morgan fingerprint density at radius 3 is 2.18 bits per heavy atom. The first-order valence-corrected chi connectivity index (χ1v) is 6.05. The fourth-order valence-corrected chi connectivity index (χ4v) is 1.64. The van der Waals surface area contributed by atoms with Gasteiger partial charge in [0, 0.05) is 25.2 Å². The lowest BCUT2D eigenvalue weighted by atomic mass is 10.0. The van der Waals surface area contributed by atoms with Crippen molar-refractivity contribution >= 4 is 11.6 Å². The molecule has 1 rings (SSSR count). The molecule has 0 bridgehead atoms. The Labute approximate surface area is 104 Å². The molecule has 1 aromatic rings. The Hall–Kier alpha value is -1.35. The fraction of sp³-hybridized carbons (Fsp3) is 0.500. The Kier molecular flexibility index (Phi) is 4.70. The predicted molar refractivity (Wildman–Crippen MR) is 72.2 cm³/mol. The number of hydrogen-bond donors (Lipinski definition) is 1. The standard InChI is InChI=1S/C14H22N2O/c1-10(2)12-5-7-13(8-6-12)16(4)14(17)11(3)9-15/h5-8,10-11H,9,15H2,1-4H3. The van der Waals surface area contributed by atoms with E-state index in [-0.39, 0.29) is 11.8 Å². The van der Waals surface area contributed by atoms with Gasteiger partial charge in [0.15, 0.2) is 0 Å². The smallest absolute Gasteiger partial charge is 0.230 e. The highest BCUT2D eigenvalue weighted by Gasteiger charge is 2.17. The van der Waals surface area contributed by atoms with Crippen LogP contribution in [0, 0.1) is 5.92 Å². The van der Waals surface area contributed by atoms with E-state index in [1.54, 1.807) is 11.9 Å². The van der Waals surface area contributed by atoms with Crippen LogP contribution in [0.3, 0.4) is 0 Å². The first-order valence-electron chi connectivity index (χ1n) is 6.05. The quantitative estimate of drug-likeness (QED) is 0.869. The van der Waals surface area contributed by atoms with Crippen molar-refractivity contribution in [2.24, 2.45) is 11.7 Å². The van der Waals surface area contributed by atoms with Crippen LogP contribution in [0.25, 0.3) is 0 Å². The Balaban J connectivity index is 2.83. The van der Waals surface area contributed by atoms with Crippen LogP contribution < -0.4 is 10.6 Å². The molecule has 1 atom stereocenters. The van der Waals surface area contributed by atoms with Gasteiger partial charge in [-0.1, -0.05) is 32.9 Å². The molecule has 0 saturated heterocycles. The fourth-order valence-electron chi connectivity index (χ4n) is 1.64. The lowest BCUT2D eigenvalue weighted by molar-refractivity contribution is -0.121. The van der Waals surface area contributed by atoms with Crippen LogP contribution in [0.15, 0.2) is 24.3 Å². The van der Waals surface area contributed by atoms with Gasteiger partial charge in [0.2, 0.25) is 5.91 Å². The highest BCUT2D eigenvalue weighted by molar-refractivity contribution is 5.94. The van der Waals surface area contributed by atoms with E-state index in [1.807, 2.05) is 19.1 Å². The van der Waals surface area contributed by atoms with E-state index in [0.717, 1.165) is 5.69 Å². The molecule has 0 aliphatic heterocycles. The van der Waals surface area contributed by atoms with Gasteiger partial charge in [-0.3, -0.25) is 4.79 Å². The van der Waals surface area contributed by atoms with Gasteiger partial charge >= 0.3 is 0 Å². The number of benzene rings is 1. The van der Waals surface area contributed by atoms with Crippen LogP contribution in [-0.4, -0.2) is 19.5 Å². The van der Waals surface area contributed by atoms with Crippen molar-refractivity contribution in [3.05, 3.63) is 29.8 Å². The molecule has 2 N–H and O–H groups in total. The van der Waals surface area contributed by atoms with Crippen molar-refractivity contribution in [1.82, 2.24) is 0 Å². The third kappa shape index (κ3) is 3.30. The minimum atomic E-state index is -0.134. The molecule has 1 aromatic carbocycles. The van der Waals surface area contributed by atoms with Gasteiger partial charge in [-0.2, -0.15) is 0 Å². The van der Waals surface area contributed by atoms with Crippen molar-refractivity contribution in [3.8, 4) is 0 Å². The van der Waals surface area contributed by atoms with Crippen molar-refractivity contribution < 1.29 is 4.79 Å². The molecule has 3 heteroatoms. The zero-order valence-corrected chi connectivity index (χ0v) is 11.1. The lowest BCUT2D eigenvalue weighted by Gasteiger charge is -2.21. The van der Waals surface area contributed by atoms with E-state index in [9.17, 15) is 4.79 Å². The van der Waals surface area contributed by atoms with E-state index in [0.29, 0.717) is 12.5 Å². The number of carbonyl (C=O) groups is 1. The van der Waals surface area contributed by atoms with Crippen molar-refractivity contribution in [2.45, 2.75) is 26.7 Å². The average Bonchev–Trinajstić information content (AvgIpc) is 2.36. The Bertz CT molecular complexity index is 370. The predicted octanol–water partition coefficient (Wildman–Crippen LogP) is 2.37. The van der Waals surface area contributed by atoms with E-state index in [2.05, 4.69) is 26.0 Å². The van der Waals surface area contributed by atoms with E-state index >= 15 is 0 Å². The van der Waals surface area contributed by atoms with Crippen molar-refractivity contribution in [1.29, 1.82) is 0 Å². The zero-order valence-electron chi connectivity index (χ0n) is 11.1. The van der Waals surface area contributed by atoms with Crippen LogP contribution in [0.4, 0.5) is 5.69 Å². The summed E-state index contributed by atoms with van der Waals surface area (Å²) in [6, 6.07) is 8.10. The third-order valence-electron chi connectivity index (χ3n) is 3.05. The molecule has 3 nitrogen and oxygen atoms in total. The maximum absolute atomic E-state index is 11.9. The molecule has 0 aliphatic rings. The number of anilines is 1. The van der Waals surface area contributed by atoms with Gasteiger partial charge in [0.1, 0.15) is 0 Å². The summed E-state index contributed by atoms with van der Waals surface area (Å²) >= 11 is 0. The minimum absolute atomic E-state index is 0.0600. The summed E-state index contributed by atoms with van der Waals surface area (Å²) < 4.78 is 0. The maximum Gasteiger partial charge on any atom is 0.230 e. The topological polar surface area (TPSA) is 46.3 Å². The summed E-state index contributed by atoms with van der Waals surface area (Å²) in [7, 11) is 1.79. The van der Waals surface area contributed by atoms with Crippen LogP contribution >= 0.6 is 0 Å². The highest BCUT2D eigenvalue weighted by atomic mass is 16.2. The maximum atomic E-state index is 11.9. The number of amides is 1. The molecule has 17 heavy (non-hydrogen) atoms. The molecule has 0 saturated carbocycles. The summed E-state index contributed by atoms with van der Waals surface area (Å²) in [6.45, 7) is 6.54. The van der Waals surface area contributed by atoms with E-state index < -0.39 is 0 Å². The molecule has 0 fully saturated rings. The van der Waals surface area contributed by atoms with Gasteiger partial charge in [-0.15, -0.1) is 0 Å². The number of carbonyl (C=O) groups excluding carboxylic acids is 1. The van der Waals surface area contributed by atoms with Gasteiger partial charge in [0.05, 0.1) is 0 Å². The van der Waals surface area contributed by atoms with E-state index in [1.165, 1.54) is 5.56 Å². The molecule has 0 radical (unpaired) electrons. The van der Waals surface area contributed by atoms with E-state index in [4.69, 9.17) is 5.73 Å². The van der Waals surface area contributed by atoms with Gasteiger partial charge in [-0.25, -0.2) is 0 Å². The van der Waals surface area contributed by atoms with Gasteiger partial charge in [-0.05, 0) is 23.6 Å². The zero-order chi connectivity index (χ0) is 13.0. The number of nitrogens with two attached hydrogens (primary N) is 1. The minimum Gasteiger partial charge on any atom is -0.330 e. The lowest BCUT2D eigenvalue weighted by Crippen LogP contribution is -2.35. The molecule has 0 aliphatic carbocycles. The molecule has 1 amide bonds. The SMILES string of the molecule is CC(CN)C(=O)N(C)c1ccc(C(C)C)cc1. The van der Waals surface area contributed by atoms with Crippen molar-refractivity contribution in [3.63, 3.8) is 0 Å².